The number of nitrogens with zero attached hydrogens (tertiary/aromatic N) is 2. The first kappa shape index (κ1) is 19.7. The van der Waals surface area contributed by atoms with Gasteiger partial charge in [-0.1, -0.05) is 31.5 Å². The van der Waals surface area contributed by atoms with E-state index in [1.54, 1.807) is 0 Å². The van der Waals surface area contributed by atoms with Gasteiger partial charge in [-0.05, 0) is 45.3 Å². The molecular weight excluding hydrogens is 336 g/mol. The van der Waals surface area contributed by atoms with Crippen LogP contribution in [0.4, 0.5) is 0 Å². The third-order valence-corrected chi connectivity index (χ3v) is 5.95. The van der Waals surface area contributed by atoms with Crippen molar-refractivity contribution in [3.05, 3.63) is 46.7 Å². The maximum absolute atomic E-state index is 12.9. The van der Waals surface area contributed by atoms with Gasteiger partial charge in [-0.15, -0.1) is 0 Å². The summed E-state index contributed by atoms with van der Waals surface area (Å²) >= 11 is 0. The Morgan fingerprint density at radius 1 is 1.07 bits per heavy atom. The van der Waals surface area contributed by atoms with Gasteiger partial charge in [0.2, 0.25) is 5.91 Å². The number of aromatic nitrogens is 1. The van der Waals surface area contributed by atoms with E-state index in [9.17, 15) is 4.79 Å². The van der Waals surface area contributed by atoms with Crippen molar-refractivity contribution >= 4 is 16.8 Å². The fourth-order valence-corrected chi connectivity index (χ4v) is 4.12. The molecule has 1 atom stereocenters. The molecule has 0 spiro atoms. The fourth-order valence-electron chi connectivity index (χ4n) is 4.12. The van der Waals surface area contributed by atoms with E-state index in [4.69, 9.17) is 4.74 Å². The lowest BCUT2D eigenvalue weighted by Crippen LogP contribution is -2.32. The van der Waals surface area contributed by atoms with E-state index < -0.39 is 0 Å². The third kappa shape index (κ3) is 3.55. The summed E-state index contributed by atoms with van der Waals surface area (Å²) in [6.45, 7) is 10.6. The zero-order valence-corrected chi connectivity index (χ0v) is 17.3. The summed E-state index contributed by atoms with van der Waals surface area (Å²) in [5, 5.41) is 1.24. The quantitative estimate of drug-likeness (QED) is 0.620. The van der Waals surface area contributed by atoms with Crippen LogP contribution in [0.2, 0.25) is 0 Å². The lowest BCUT2D eigenvalue weighted by atomic mass is 9.96. The molecule has 0 saturated carbocycles. The van der Waals surface area contributed by atoms with E-state index in [0.29, 0.717) is 6.61 Å². The maximum atomic E-state index is 12.9. The van der Waals surface area contributed by atoms with Crippen LogP contribution in [0.5, 0.6) is 0 Å². The Hall–Kier alpha value is -2.07. The SMILES string of the molecule is CCCCOCCCN1C(=O)C(C)=C(C)C1c1c(C)n(C)c2ccccc12. The second-order valence-electron chi connectivity index (χ2n) is 7.60. The minimum atomic E-state index is 0.0271. The molecule has 4 nitrogen and oxygen atoms in total. The molecule has 2 heterocycles. The number of aryl methyl sites for hydroxylation is 1. The van der Waals surface area contributed by atoms with Gasteiger partial charge in [0.25, 0.3) is 0 Å². The molecule has 0 bridgehead atoms. The molecule has 0 N–H and O–H groups in total. The van der Waals surface area contributed by atoms with Gasteiger partial charge in [0.15, 0.2) is 0 Å². The number of carbonyl (C=O) groups is 1. The van der Waals surface area contributed by atoms with Crippen molar-refractivity contribution < 1.29 is 9.53 Å². The van der Waals surface area contributed by atoms with Crippen LogP contribution in [0.15, 0.2) is 35.4 Å². The molecule has 1 aromatic carbocycles. The number of unbranched alkanes of at least 4 members (excludes halogenated alkanes) is 1. The van der Waals surface area contributed by atoms with Gasteiger partial charge >= 0.3 is 0 Å². The zero-order chi connectivity index (χ0) is 19.6. The Morgan fingerprint density at radius 3 is 2.52 bits per heavy atom. The monoisotopic (exact) mass is 368 g/mol. The lowest BCUT2D eigenvalue weighted by Gasteiger charge is -2.27. The first-order valence-corrected chi connectivity index (χ1v) is 10.1. The van der Waals surface area contributed by atoms with Crippen LogP contribution in [0, 0.1) is 6.92 Å². The molecule has 27 heavy (non-hydrogen) atoms. The number of amides is 1. The van der Waals surface area contributed by atoms with Crippen LogP contribution in [0.25, 0.3) is 10.9 Å². The molecule has 1 amide bonds. The number of ether oxygens (including phenoxy) is 1. The van der Waals surface area contributed by atoms with Gasteiger partial charge in [0, 0.05) is 54.5 Å². The molecule has 1 aliphatic rings. The van der Waals surface area contributed by atoms with E-state index in [2.05, 4.69) is 56.7 Å². The van der Waals surface area contributed by atoms with Crippen LogP contribution < -0.4 is 0 Å². The molecule has 146 valence electrons. The second kappa shape index (κ2) is 8.30. The van der Waals surface area contributed by atoms with Gasteiger partial charge < -0.3 is 14.2 Å². The van der Waals surface area contributed by atoms with E-state index in [1.165, 1.54) is 27.7 Å². The van der Waals surface area contributed by atoms with Crippen molar-refractivity contribution in [2.45, 2.75) is 53.0 Å². The molecule has 0 fully saturated rings. The summed E-state index contributed by atoms with van der Waals surface area (Å²) in [7, 11) is 2.11. The normalized spacial score (nSPS) is 17.6. The highest BCUT2D eigenvalue weighted by Gasteiger charge is 2.37. The van der Waals surface area contributed by atoms with Crippen molar-refractivity contribution in [2.24, 2.45) is 7.05 Å². The summed E-state index contributed by atoms with van der Waals surface area (Å²) in [5.74, 6) is 0.165. The highest BCUT2D eigenvalue weighted by atomic mass is 16.5. The van der Waals surface area contributed by atoms with E-state index in [0.717, 1.165) is 38.0 Å². The second-order valence-corrected chi connectivity index (χ2v) is 7.60. The Balaban J connectivity index is 1.88. The van der Waals surface area contributed by atoms with Crippen molar-refractivity contribution in [1.82, 2.24) is 9.47 Å². The molecule has 0 radical (unpaired) electrons. The van der Waals surface area contributed by atoms with Gasteiger partial charge in [0.1, 0.15) is 0 Å². The van der Waals surface area contributed by atoms with Crippen LogP contribution in [-0.2, 0) is 16.6 Å². The van der Waals surface area contributed by atoms with Gasteiger partial charge in [-0.3, -0.25) is 4.79 Å². The first-order chi connectivity index (χ1) is 13.0. The molecule has 1 unspecified atom stereocenters. The average Bonchev–Trinajstić information content (AvgIpc) is 3.04. The minimum absolute atomic E-state index is 0.0271. The standard InChI is InChI=1S/C23H32N2O2/c1-6-7-14-27-15-10-13-25-22(16(2)17(3)23(25)26)21-18(4)24(5)20-12-9-8-11-19(20)21/h8-9,11-12,22H,6-7,10,13-15H2,1-5H3. The van der Waals surface area contributed by atoms with Crippen molar-refractivity contribution in [1.29, 1.82) is 0 Å². The summed E-state index contributed by atoms with van der Waals surface area (Å²) < 4.78 is 7.94. The van der Waals surface area contributed by atoms with Crippen LogP contribution in [-0.4, -0.2) is 35.1 Å². The van der Waals surface area contributed by atoms with Gasteiger partial charge in [-0.25, -0.2) is 0 Å². The summed E-state index contributed by atoms with van der Waals surface area (Å²) in [4.78, 5) is 15.0. The molecule has 3 rings (SSSR count). The van der Waals surface area contributed by atoms with Crippen LogP contribution in [0.1, 0.15) is 57.3 Å². The molecule has 0 saturated heterocycles. The van der Waals surface area contributed by atoms with Crippen LogP contribution >= 0.6 is 0 Å². The van der Waals surface area contributed by atoms with Gasteiger partial charge in [-0.2, -0.15) is 0 Å². The summed E-state index contributed by atoms with van der Waals surface area (Å²) in [5.41, 5.74) is 5.78. The Bertz CT molecular complexity index is 863. The number of fused-ring (bicyclic) bond motifs is 1. The number of hydrogen-bond acceptors (Lipinski definition) is 2. The van der Waals surface area contributed by atoms with Crippen molar-refractivity contribution in [3.63, 3.8) is 0 Å². The average molecular weight is 369 g/mol. The van der Waals surface area contributed by atoms with E-state index >= 15 is 0 Å². The number of carbonyl (C=O) groups excluding carboxylic acids is 1. The number of benzene rings is 1. The zero-order valence-electron chi connectivity index (χ0n) is 17.3. The highest BCUT2D eigenvalue weighted by Crippen LogP contribution is 2.42. The molecule has 1 aromatic heterocycles. The number of hydrogen-bond donors (Lipinski definition) is 0. The lowest BCUT2D eigenvalue weighted by molar-refractivity contribution is -0.127. The van der Waals surface area contributed by atoms with Gasteiger partial charge in [0.05, 0.1) is 6.04 Å². The molecule has 1 aliphatic heterocycles. The predicted molar refractivity (Wildman–Crippen MR) is 111 cm³/mol. The predicted octanol–water partition coefficient (Wildman–Crippen LogP) is 4.91. The van der Waals surface area contributed by atoms with E-state index in [1.807, 2.05) is 11.8 Å². The molecule has 0 aliphatic carbocycles. The largest absolute Gasteiger partial charge is 0.381 e. The fraction of sp³-hybridized carbons (Fsp3) is 0.522. The summed E-state index contributed by atoms with van der Waals surface area (Å²) in [6.07, 6.45) is 3.12. The Kier molecular flexibility index (Phi) is 6.05. The molecular formula is C23H32N2O2. The number of para-hydroxylation sites is 1. The summed E-state index contributed by atoms with van der Waals surface area (Å²) in [6, 6.07) is 8.51. The topological polar surface area (TPSA) is 34.5 Å². The smallest absolute Gasteiger partial charge is 0.250 e. The van der Waals surface area contributed by atoms with Crippen molar-refractivity contribution in [2.75, 3.05) is 19.8 Å². The molecule has 4 heteroatoms. The van der Waals surface area contributed by atoms with Crippen LogP contribution in [0.3, 0.4) is 0 Å². The Labute approximate surface area is 162 Å². The van der Waals surface area contributed by atoms with Crippen molar-refractivity contribution in [3.8, 4) is 0 Å². The molecule has 2 aromatic rings. The third-order valence-electron chi connectivity index (χ3n) is 5.95. The Morgan fingerprint density at radius 2 is 1.78 bits per heavy atom. The first-order valence-electron chi connectivity index (χ1n) is 10.1. The minimum Gasteiger partial charge on any atom is -0.381 e. The number of rotatable bonds is 8. The highest BCUT2D eigenvalue weighted by molar-refractivity contribution is 5.98. The van der Waals surface area contributed by atoms with E-state index in [-0.39, 0.29) is 11.9 Å². The maximum Gasteiger partial charge on any atom is 0.250 e.